The average Bonchev–Trinajstić information content (AvgIpc) is 2.45. The van der Waals surface area contributed by atoms with Crippen molar-refractivity contribution in [3.8, 4) is 5.75 Å². The molecule has 110 valence electrons. The number of hydrogen-bond donors (Lipinski definition) is 6. The van der Waals surface area contributed by atoms with Crippen LogP contribution >= 0.6 is 0 Å². The third-order valence-electron chi connectivity index (χ3n) is 2.43. The molecule has 0 aliphatic rings. The molecule has 0 unspecified atom stereocenters. The zero-order chi connectivity index (χ0) is 15.1. The molecule has 8 nitrogen and oxygen atoms in total. The van der Waals surface area contributed by atoms with Crippen LogP contribution in [0.3, 0.4) is 0 Å². The molecule has 0 aliphatic carbocycles. The highest BCUT2D eigenvalue weighted by Gasteiger charge is 2.22. The number of carbonyl (C=O) groups is 1. The lowest BCUT2D eigenvalue weighted by Crippen LogP contribution is -2.40. The van der Waals surface area contributed by atoms with E-state index in [0.29, 0.717) is 0 Å². The smallest absolute Gasteiger partial charge is 0.271 e. The fourth-order valence-electron chi connectivity index (χ4n) is 1.31. The molecular weight excluding hydrogens is 268 g/mol. The van der Waals surface area contributed by atoms with E-state index in [4.69, 9.17) is 10.2 Å². The SMILES string of the molecule is O=C(N/N=C\[C@H](O)[C@@H](O)[C@@H](O)CO)c1cccc(O)c1. The zero-order valence-electron chi connectivity index (χ0n) is 10.4. The van der Waals surface area contributed by atoms with Gasteiger partial charge in [-0.1, -0.05) is 6.07 Å². The molecule has 0 aromatic heterocycles. The van der Waals surface area contributed by atoms with E-state index in [9.17, 15) is 20.1 Å². The van der Waals surface area contributed by atoms with Gasteiger partial charge in [0, 0.05) is 5.56 Å². The van der Waals surface area contributed by atoms with Crippen LogP contribution in [0.2, 0.25) is 0 Å². The summed E-state index contributed by atoms with van der Waals surface area (Å²) in [4.78, 5) is 11.6. The average molecular weight is 284 g/mol. The monoisotopic (exact) mass is 284 g/mol. The number of rotatable bonds is 6. The summed E-state index contributed by atoms with van der Waals surface area (Å²) in [5.74, 6) is -0.704. The van der Waals surface area contributed by atoms with Crippen molar-refractivity contribution >= 4 is 12.1 Å². The number of amides is 1. The van der Waals surface area contributed by atoms with Gasteiger partial charge in [0.05, 0.1) is 12.8 Å². The van der Waals surface area contributed by atoms with Crippen LogP contribution in [0.15, 0.2) is 29.4 Å². The van der Waals surface area contributed by atoms with Gasteiger partial charge in [-0.2, -0.15) is 5.10 Å². The highest BCUT2D eigenvalue weighted by Crippen LogP contribution is 2.10. The maximum Gasteiger partial charge on any atom is 0.271 e. The first-order valence-corrected chi connectivity index (χ1v) is 5.73. The van der Waals surface area contributed by atoms with Gasteiger partial charge in [-0.25, -0.2) is 5.43 Å². The van der Waals surface area contributed by atoms with E-state index in [1.807, 2.05) is 0 Å². The number of aliphatic hydroxyl groups is 4. The summed E-state index contributed by atoms with van der Waals surface area (Å²) in [5.41, 5.74) is 2.23. The third kappa shape index (κ3) is 4.59. The summed E-state index contributed by atoms with van der Waals surface area (Å²) in [5, 5.41) is 49.0. The highest BCUT2D eigenvalue weighted by atomic mass is 16.4. The Labute approximate surface area is 114 Å². The summed E-state index contributed by atoms with van der Waals surface area (Å²) in [6.45, 7) is -0.721. The summed E-state index contributed by atoms with van der Waals surface area (Å²) in [6, 6.07) is 5.55. The van der Waals surface area contributed by atoms with Gasteiger partial charge in [-0.3, -0.25) is 4.79 Å². The molecule has 0 fully saturated rings. The van der Waals surface area contributed by atoms with E-state index in [0.717, 1.165) is 6.21 Å². The number of nitrogens with zero attached hydrogens (tertiary/aromatic N) is 1. The molecule has 3 atom stereocenters. The van der Waals surface area contributed by atoms with E-state index in [1.165, 1.54) is 24.3 Å². The molecule has 0 aliphatic heterocycles. The van der Waals surface area contributed by atoms with Crippen LogP contribution in [0.5, 0.6) is 5.75 Å². The molecule has 0 spiro atoms. The van der Waals surface area contributed by atoms with Crippen molar-refractivity contribution in [3.63, 3.8) is 0 Å². The molecule has 1 aromatic rings. The van der Waals surface area contributed by atoms with Crippen molar-refractivity contribution in [1.82, 2.24) is 5.43 Å². The first-order chi connectivity index (χ1) is 9.45. The fourth-order valence-corrected chi connectivity index (χ4v) is 1.31. The van der Waals surface area contributed by atoms with Crippen molar-refractivity contribution in [3.05, 3.63) is 29.8 Å². The second-order valence-corrected chi connectivity index (χ2v) is 4.00. The number of hydrogen-bond acceptors (Lipinski definition) is 7. The molecule has 1 aromatic carbocycles. The summed E-state index contributed by atoms with van der Waals surface area (Å²) >= 11 is 0. The van der Waals surface area contributed by atoms with Crippen LogP contribution in [0, 0.1) is 0 Å². The second kappa shape index (κ2) is 7.56. The van der Waals surface area contributed by atoms with E-state index in [2.05, 4.69) is 10.5 Å². The maximum absolute atomic E-state index is 11.6. The Kier molecular flexibility index (Phi) is 6.07. The van der Waals surface area contributed by atoms with Crippen molar-refractivity contribution in [2.45, 2.75) is 18.3 Å². The Bertz CT molecular complexity index is 479. The first-order valence-electron chi connectivity index (χ1n) is 5.73. The normalized spacial score (nSPS) is 15.8. The van der Waals surface area contributed by atoms with Crippen LogP contribution in [-0.4, -0.2) is 62.6 Å². The van der Waals surface area contributed by atoms with E-state index >= 15 is 0 Å². The Morgan fingerprint density at radius 2 is 2.05 bits per heavy atom. The van der Waals surface area contributed by atoms with Crippen molar-refractivity contribution in [2.24, 2.45) is 5.10 Å². The predicted molar refractivity (Wildman–Crippen MR) is 69.2 cm³/mol. The summed E-state index contributed by atoms with van der Waals surface area (Å²) in [6.07, 6.45) is -3.88. The molecule has 8 heteroatoms. The van der Waals surface area contributed by atoms with Crippen LogP contribution in [-0.2, 0) is 0 Å². The molecule has 1 rings (SSSR count). The van der Waals surface area contributed by atoms with Gasteiger partial charge in [-0.05, 0) is 18.2 Å². The number of aliphatic hydroxyl groups excluding tert-OH is 4. The Morgan fingerprint density at radius 1 is 1.35 bits per heavy atom. The number of phenolic OH excluding ortho intramolecular Hbond substituents is 1. The molecule has 0 saturated carbocycles. The number of phenols is 1. The van der Waals surface area contributed by atoms with Crippen LogP contribution in [0.25, 0.3) is 0 Å². The third-order valence-corrected chi connectivity index (χ3v) is 2.43. The summed E-state index contributed by atoms with van der Waals surface area (Å²) < 4.78 is 0. The van der Waals surface area contributed by atoms with E-state index in [-0.39, 0.29) is 11.3 Å². The molecular formula is C12H16N2O6. The van der Waals surface area contributed by atoms with E-state index < -0.39 is 30.8 Å². The molecule has 20 heavy (non-hydrogen) atoms. The lowest BCUT2D eigenvalue weighted by atomic mass is 10.1. The minimum atomic E-state index is -1.62. The highest BCUT2D eigenvalue weighted by molar-refractivity contribution is 5.94. The van der Waals surface area contributed by atoms with Crippen LogP contribution in [0.1, 0.15) is 10.4 Å². The number of benzene rings is 1. The van der Waals surface area contributed by atoms with Crippen molar-refractivity contribution in [2.75, 3.05) is 6.61 Å². The minimum absolute atomic E-state index is 0.0804. The first kappa shape index (κ1) is 16.1. The quantitative estimate of drug-likeness (QED) is 0.268. The maximum atomic E-state index is 11.6. The molecule has 6 N–H and O–H groups in total. The topological polar surface area (TPSA) is 143 Å². The Hall–Kier alpha value is -2.00. The predicted octanol–water partition coefficient (Wildman–Crippen LogP) is -1.82. The molecule has 0 saturated heterocycles. The molecule has 1 amide bonds. The standard InChI is InChI=1S/C12H16N2O6/c15-6-10(18)11(19)9(17)5-13-14-12(20)7-2-1-3-8(16)4-7/h1-5,9-11,15-19H,6H2,(H,14,20)/b13-5-/t9-,10-,11+/m0/s1. The second-order valence-electron chi connectivity index (χ2n) is 4.00. The number of hydrazone groups is 1. The Balaban J connectivity index is 2.54. The lowest BCUT2D eigenvalue weighted by Gasteiger charge is -2.17. The van der Waals surface area contributed by atoms with Gasteiger partial charge in [-0.15, -0.1) is 0 Å². The summed E-state index contributed by atoms with van der Waals surface area (Å²) in [7, 11) is 0. The van der Waals surface area contributed by atoms with Gasteiger partial charge < -0.3 is 25.5 Å². The van der Waals surface area contributed by atoms with Gasteiger partial charge in [0.2, 0.25) is 0 Å². The Morgan fingerprint density at radius 3 is 2.65 bits per heavy atom. The van der Waals surface area contributed by atoms with Gasteiger partial charge in [0.1, 0.15) is 24.1 Å². The lowest BCUT2D eigenvalue weighted by molar-refractivity contribution is -0.0542. The minimum Gasteiger partial charge on any atom is -0.508 e. The largest absolute Gasteiger partial charge is 0.508 e. The number of carbonyl (C=O) groups excluding carboxylic acids is 1. The van der Waals surface area contributed by atoms with Gasteiger partial charge in [0.25, 0.3) is 5.91 Å². The fraction of sp³-hybridized carbons (Fsp3) is 0.333. The van der Waals surface area contributed by atoms with Gasteiger partial charge in [0.15, 0.2) is 0 Å². The number of aromatic hydroxyl groups is 1. The van der Waals surface area contributed by atoms with Crippen molar-refractivity contribution < 1.29 is 30.3 Å². The molecule has 0 heterocycles. The van der Waals surface area contributed by atoms with Crippen LogP contribution < -0.4 is 5.43 Å². The van der Waals surface area contributed by atoms with Crippen LogP contribution in [0.4, 0.5) is 0 Å². The molecule has 0 radical (unpaired) electrons. The zero-order valence-corrected chi connectivity index (χ0v) is 10.4. The number of nitrogens with one attached hydrogen (secondary N) is 1. The molecule has 0 bridgehead atoms. The van der Waals surface area contributed by atoms with E-state index in [1.54, 1.807) is 0 Å². The van der Waals surface area contributed by atoms with Gasteiger partial charge >= 0.3 is 0 Å². The van der Waals surface area contributed by atoms with Crippen molar-refractivity contribution in [1.29, 1.82) is 0 Å².